The van der Waals surface area contributed by atoms with Gasteiger partial charge in [-0.3, -0.25) is 4.79 Å². The van der Waals surface area contributed by atoms with E-state index in [4.69, 9.17) is 9.72 Å². The number of unbranched alkanes of at least 4 members (excludes halogenated alkanes) is 1. The van der Waals surface area contributed by atoms with Crippen molar-refractivity contribution in [3.8, 4) is 0 Å². The Morgan fingerprint density at radius 2 is 2.30 bits per heavy atom. The first-order valence-electron chi connectivity index (χ1n) is 7.61. The topological polar surface area (TPSA) is 42.4 Å². The second-order valence-electron chi connectivity index (χ2n) is 5.20. The van der Waals surface area contributed by atoms with E-state index in [2.05, 4.69) is 17.2 Å². The van der Waals surface area contributed by atoms with E-state index in [9.17, 15) is 4.79 Å². The highest BCUT2D eigenvalue weighted by Crippen LogP contribution is 2.33. The van der Waals surface area contributed by atoms with Crippen molar-refractivity contribution >= 4 is 22.4 Å². The van der Waals surface area contributed by atoms with Crippen molar-refractivity contribution in [1.82, 2.24) is 4.98 Å². The van der Waals surface area contributed by atoms with Gasteiger partial charge in [0, 0.05) is 24.4 Å². The van der Waals surface area contributed by atoms with Crippen LogP contribution in [0, 0.1) is 0 Å². The molecule has 0 amide bonds. The molecule has 0 atom stereocenters. The van der Waals surface area contributed by atoms with Crippen molar-refractivity contribution < 1.29 is 9.53 Å². The summed E-state index contributed by atoms with van der Waals surface area (Å²) in [6.45, 7) is 5.61. The Hall–Kier alpha value is -1.10. The van der Waals surface area contributed by atoms with Gasteiger partial charge in [0.25, 0.3) is 0 Å². The van der Waals surface area contributed by atoms with Crippen molar-refractivity contribution in [3.63, 3.8) is 0 Å². The standard InChI is InChI=1S/C15H24N2O2S/c1-3-5-10-17(13-7-8-13)15-16-12(11-20-15)6-9-14(18)19-4-2/h11,13H,3-10H2,1-2H3. The first-order valence-corrected chi connectivity index (χ1v) is 8.49. The third kappa shape index (κ3) is 4.47. The van der Waals surface area contributed by atoms with Crippen LogP contribution in [0.4, 0.5) is 5.13 Å². The zero-order valence-corrected chi connectivity index (χ0v) is 13.2. The molecule has 1 aromatic rings. The third-order valence-electron chi connectivity index (χ3n) is 3.42. The molecule has 20 heavy (non-hydrogen) atoms. The van der Waals surface area contributed by atoms with Crippen molar-refractivity contribution in [2.45, 2.75) is 58.4 Å². The molecule has 0 N–H and O–H groups in total. The predicted molar refractivity (Wildman–Crippen MR) is 82.3 cm³/mol. The Morgan fingerprint density at radius 3 is 2.95 bits per heavy atom. The normalized spacial score (nSPS) is 14.3. The van der Waals surface area contributed by atoms with E-state index in [1.807, 2.05) is 6.92 Å². The van der Waals surface area contributed by atoms with E-state index < -0.39 is 0 Å². The number of carbonyl (C=O) groups excluding carboxylic acids is 1. The molecule has 1 saturated carbocycles. The van der Waals surface area contributed by atoms with E-state index in [-0.39, 0.29) is 5.97 Å². The SMILES string of the molecule is CCCCN(c1nc(CCC(=O)OCC)cs1)C1CC1. The zero-order valence-electron chi connectivity index (χ0n) is 12.4. The van der Waals surface area contributed by atoms with Crippen LogP contribution in [0.25, 0.3) is 0 Å². The minimum Gasteiger partial charge on any atom is -0.466 e. The molecular weight excluding hydrogens is 272 g/mol. The van der Waals surface area contributed by atoms with Crippen LogP contribution in [0.5, 0.6) is 0 Å². The molecule has 1 heterocycles. The van der Waals surface area contributed by atoms with Crippen molar-refractivity contribution in [3.05, 3.63) is 11.1 Å². The minimum absolute atomic E-state index is 0.132. The molecule has 0 spiro atoms. The van der Waals surface area contributed by atoms with Gasteiger partial charge in [0.2, 0.25) is 0 Å². The van der Waals surface area contributed by atoms with Gasteiger partial charge >= 0.3 is 5.97 Å². The molecule has 5 heteroatoms. The maximum absolute atomic E-state index is 11.4. The first-order chi connectivity index (χ1) is 9.74. The molecule has 0 radical (unpaired) electrons. The summed E-state index contributed by atoms with van der Waals surface area (Å²) in [5.41, 5.74) is 1.01. The molecular formula is C15H24N2O2S. The number of hydrogen-bond acceptors (Lipinski definition) is 5. The number of hydrogen-bond donors (Lipinski definition) is 0. The third-order valence-corrected chi connectivity index (χ3v) is 4.34. The number of ether oxygens (including phenoxy) is 1. The Balaban J connectivity index is 1.87. The van der Waals surface area contributed by atoms with Crippen LogP contribution in [-0.4, -0.2) is 30.1 Å². The second kappa shape index (κ2) is 7.62. The lowest BCUT2D eigenvalue weighted by atomic mass is 10.2. The van der Waals surface area contributed by atoms with Gasteiger partial charge in [-0.2, -0.15) is 0 Å². The first kappa shape index (κ1) is 15.3. The van der Waals surface area contributed by atoms with Gasteiger partial charge in [-0.15, -0.1) is 11.3 Å². The van der Waals surface area contributed by atoms with Gasteiger partial charge in [-0.1, -0.05) is 13.3 Å². The number of aromatic nitrogens is 1. The lowest BCUT2D eigenvalue weighted by Crippen LogP contribution is -2.26. The molecule has 1 aliphatic rings. The summed E-state index contributed by atoms with van der Waals surface area (Å²) in [7, 11) is 0. The predicted octanol–water partition coefficient (Wildman–Crippen LogP) is 3.41. The van der Waals surface area contributed by atoms with Crippen LogP contribution in [-0.2, 0) is 16.0 Å². The number of anilines is 1. The number of nitrogens with zero attached hydrogens (tertiary/aromatic N) is 2. The Bertz CT molecular complexity index is 429. The monoisotopic (exact) mass is 296 g/mol. The average molecular weight is 296 g/mol. The van der Waals surface area contributed by atoms with Crippen molar-refractivity contribution in [2.24, 2.45) is 0 Å². The Kier molecular flexibility index (Phi) is 5.83. The fraction of sp³-hybridized carbons (Fsp3) is 0.733. The lowest BCUT2D eigenvalue weighted by molar-refractivity contribution is -0.143. The zero-order chi connectivity index (χ0) is 14.4. The highest BCUT2D eigenvalue weighted by Gasteiger charge is 2.30. The number of rotatable bonds is 9. The fourth-order valence-corrected chi connectivity index (χ4v) is 3.11. The molecule has 0 aromatic carbocycles. The van der Waals surface area contributed by atoms with Gasteiger partial charge in [0.05, 0.1) is 18.7 Å². The van der Waals surface area contributed by atoms with Gasteiger partial charge in [0.15, 0.2) is 5.13 Å². The molecule has 112 valence electrons. The lowest BCUT2D eigenvalue weighted by Gasteiger charge is -2.20. The highest BCUT2D eigenvalue weighted by atomic mass is 32.1. The molecule has 4 nitrogen and oxygen atoms in total. The van der Waals surface area contributed by atoms with E-state index in [0.717, 1.165) is 17.4 Å². The van der Waals surface area contributed by atoms with E-state index >= 15 is 0 Å². The summed E-state index contributed by atoms with van der Waals surface area (Å²) in [6, 6.07) is 0.700. The van der Waals surface area contributed by atoms with Crippen LogP contribution >= 0.6 is 11.3 Å². The highest BCUT2D eigenvalue weighted by molar-refractivity contribution is 7.13. The van der Waals surface area contributed by atoms with Crippen LogP contribution < -0.4 is 4.90 Å². The van der Waals surface area contributed by atoms with Crippen LogP contribution in [0.2, 0.25) is 0 Å². The second-order valence-corrected chi connectivity index (χ2v) is 6.04. The molecule has 1 aromatic heterocycles. The van der Waals surface area contributed by atoms with Crippen molar-refractivity contribution in [2.75, 3.05) is 18.1 Å². The number of carbonyl (C=O) groups is 1. The molecule has 0 unspecified atom stereocenters. The summed E-state index contributed by atoms with van der Waals surface area (Å²) in [6.07, 6.45) is 6.12. The largest absolute Gasteiger partial charge is 0.466 e. The quantitative estimate of drug-likeness (QED) is 0.655. The molecule has 0 bridgehead atoms. The number of aryl methyl sites for hydroxylation is 1. The maximum atomic E-state index is 11.4. The maximum Gasteiger partial charge on any atom is 0.306 e. The van der Waals surface area contributed by atoms with Gasteiger partial charge in [0.1, 0.15) is 0 Å². The van der Waals surface area contributed by atoms with Gasteiger partial charge in [-0.05, 0) is 26.2 Å². The Morgan fingerprint density at radius 1 is 1.50 bits per heavy atom. The molecule has 0 aliphatic heterocycles. The van der Waals surface area contributed by atoms with Crippen LogP contribution in [0.3, 0.4) is 0 Å². The van der Waals surface area contributed by atoms with Gasteiger partial charge in [-0.25, -0.2) is 4.98 Å². The average Bonchev–Trinajstić information content (AvgIpc) is 3.16. The fourth-order valence-electron chi connectivity index (χ4n) is 2.16. The summed E-state index contributed by atoms with van der Waals surface area (Å²) >= 11 is 1.70. The summed E-state index contributed by atoms with van der Waals surface area (Å²) in [5, 5.41) is 3.20. The molecule has 2 rings (SSSR count). The summed E-state index contributed by atoms with van der Waals surface area (Å²) < 4.78 is 4.95. The Labute approximate surface area is 125 Å². The summed E-state index contributed by atoms with van der Waals surface area (Å²) in [4.78, 5) is 18.5. The van der Waals surface area contributed by atoms with Crippen LogP contribution in [0.15, 0.2) is 5.38 Å². The van der Waals surface area contributed by atoms with Gasteiger partial charge < -0.3 is 9.64 Å². The molecule has 1 aliphatic carbocycles. The minimum atomic E-state index is -0.132. The van der Waals surface area contributed by atoms with Crippen LogP contribution in [0.1, 0.15) is 51.6 Å². The number of esters is 1. The summed E-state index contributed by atoms with van der Waals surface area (Å²) in [5.74, 6) is -0.132. The smallest absolute Gasteiger partial charge is 0.306 e. The van der Waals surface area contributed by atoms with E-state index in [1.165, 1.54) is 25.7 Å². The molecule has 0 saturated heterocycles. The van der Waals surface area contributed by atoms with E-state index in [1.54, 1.807) is 11.3 Å². The van der Waals surface area contributed by atoms with E-state index in [0.29, 0.717) is 25.5 Å². The number of thiazole rings is 1. The van der Waals surface area contributed by atoms with Crippen molar-refractivity contribution in [1.29, 1.82) is 0 Å². The molecule has 1 fully saturated rings.